The summed E-state index contributed by atoms with van der Waals surface area (Å²) in [5, 5.41) is 1.84. The topological polar surface area (TPSA) is 63.7 Å². The number of nitrogens with zero attached hydrogens (tertiary/aromatic N) is 1. The summed E-state index contributed by atoms with van der Waals surface area (Å²) in [7, 11) is 0. The third-order valence-corrected chi connectivity index (χ3v) is 4.77. The van der Waals surface area contributed by atoms with Crippen LogP contribution in [0.3, 0.4) is 0 Å². The van der Waals surface area contributed by atoms with Crippen LogP contribution in [-0.4, -0.2) is 33.6 Å². The van der Waals surface area contributed by atoms with Crippen molar-refractivity contribution >= 4 is 40.4 Å². The molecule has 1 saturated heterocycles. The molecule has 120 valence electrons. The van der Waals surface area contributed by atoms with Gasteiger partial charge in [-0.25, -0.2) is 9.10 Å². The second kappa shape index (κ2) is 9.40. The number of benzene rings is 1. The predicted octanol–water partition coefficient (Wildman–Crippen LogP) is 2.86. The van der Waals surface area contributed by atoms with E-state index in [0.717, 1.165) is 35.7 Å². The minimum Gasteiger partial charge on any atom is -0.452 e. The molecule has 1 aromatic rings. The van der Waals surface area contributed by atoms with Crippen LogP contribution in [0.5, 0.6) is 0 Å². The van der Waals surface area contributed by atoms with E-state index in [0.29, 0.717) is 19.3 Å². The molecule has 0 saturated carbocycles. The molecule has 1 aliphatic heterocycles. The molecule has 2 rings (SSSR count). The Morgan fingerprint density at radius 1 is 1.35 bits per heavy atom. The van der Waals surface area contributed by atoms with E-state index in [1.54, 1.807) is 4.31 Å². The Bertz CT molecular complexity index is 624. The molecule has 0 spiro atoms. The summed E-state index contributed by atoms with van der Waals surface area (Å²) >= 11 is 1.72. The van der Waals surface area contributed by atoms with Crippen LogP contribution in [0, 0.1) is 11.2 Å². The summed E-state index contributed by atoms with van der Waals surface area (Å²) in [6, 6.07) is 9.03. The smallest absolute Gasteiger partial charge is 0.383 e. The second-order valence-electron chi connectivity index (χ2n) is 4.70. The molecule has 5 nitrogen and oxygen atoms in total. The van der Waals surface area contributed by atoms with Crippen molar-refractivity contribution in [2.75, 3.05) is 6.54 Å². The lowest BCUT2D eigenvalue weighted by Crippen LogP contribution is -2.30. The van der Waals surface area contributed by atoms with Gasteiger partial charge in [-0.1, -0.05) is 30.3 Å². The quantitative estimate of drug-likeness (QED) is 0.358. The number of aldehydes is 1. The van der Waals surface area contributed by atoms with Gasteiger partial charge >= 0.3 is 5.30 Å². The summed E-state index contributed by atoms with van der Waals surface area (Å²) in [6.07, 6.45) is 1.95. The summed E-state index contributed by atoms with van der Waals surface area (Å²) in [6.45, 7) is 0.849. The van der Waals surface area contributed by atoms with Gasteiger partial charge in [-0.05, 0) is 29.6 Å². The first kappa shape index (κ1) is 17.6. The first-order chi connectivity index (χ1) is 11.2. The van der Waals surface area contributed by atoms with E-state index in [2.05, 4.69) is 11.2 Å². The molecule has 1 fully saturated rings. The van der Waals surface area contributed by atoms with Gasteiger partial charge in [0.2, 0.25) is 5.12 Å². The second-order valence-corrected chi connectivity index (χ2v) is 6.50. The molecule has 0 bridgehead atoms. The van der Waals surface area contributed by atoms with E-state index in [1.807, 2.05) is 30.3 Å². The normalized spacial score (nSPS) is 17.1. The number of rotatable bonds is 4. The van der Waals surface area contributed by atoms with E-state index < -0.39 is 5.30 Å². The van der Waals surface area contributed by atoms with E-state index in [-0.39, 0.29) is 17.8 Å². The van der Waals surface area contributed by atoms with Gasteiger partial charge in [-0.15, -0.1) is 0 Å². The van der Waals surface area contributed by atoms with Crippen LogP contribution < -0.4 is 0 Å². The molecule has 0 amide bonds. The fourth-order valence-electron chi connectivity index (χ4n) is 2.10. The number of carbonyl (C=O) groups excluding carboxylic acids is 3. The van der Waals surface area contributed by atoms with Crippen molar-refractivity contribution in [3.63, 3.8) is 0 Å². The van der Waals surface area contributed by atoms with Crippen LogP contribution >= 0.6 is 23.7 Å². The van der Waals surface area contributed by atoms with Crippen LogP contribution in [0.25, 0.3) is 0 Å². The number of ether oxygens (including phenoxy) is 1. The van der Waals surface area contributed by atoms with Crippen molar-refractivity contribution in [1.29, 1.82) is 0 Å². The SMILES string of the molecule is O=CC#CSC(=O)[C@@H]1CCCN1SC(=O)OCc1ccccc1. The first-order valence-electron chi connectivity index (χ1n) is 7.01. The van der Waals surface area contributed by atoms with Crippen molar-refractivity contribution in [1.82, 2.24) is 4.31 Å². The van der Waals surface area contributed by atoms with Gasteiger partial charge < -0.3 is 4.74 Å². The van der Waals surface area contributed by atoms with Gasteiger partial charge in [0.25, 0.3) is 0 Å². The third-order valence-electron chi connectivity index (χ3n) is 3.14. The Hall–Kier alpha value is -1.75. The van der Waals surface area contributed by atoms with E-state index >= 15 is 0 Å². The summed E-state index contributed by atoms with van der Waals surface area (Å²) in [4.78, 5) is 34.1. The first-order valence-corrected chi connectivity index (χ1v) is 8.60. The summed E-state index contributed by atoms with van der Waals surface area (Å²) < 4.78 is 6.93. The molecule has 0 radical (unpaired) electrons. The molecule has 7 heteroatoms. The fourth-order valence-corrected chi connectivity index (χ4v) is 3.60. The van der Waals surface area contributed by atoms with Gasteiger partial charge in [0.05, 0.1) is 6.04 Å². The van der Waals surface area contributed by atoms with Crippen molar-refractivity contribution in [2.24, 2.45) is 0 Å². The molecule has 0 aromatic heterocycles. The highest BCUT2D eigenvalue weighted by Crippen LogP contribution is 2.29. The number of hydrogen-bond donors (Lipinski definition) is 0. The highest BCUT2D eigenvalue weighted by molar-refractivity contribution is 8.18. The van der Waals surface area contributed by atoms with Gasteiger partial charge in [-0.3, -0.25) is 9.59 Å². The lowest BCUT2D eigenvalue weighted by Gasteiger charge is -2.19. The molecule has 1 aromatic carbocycles. The Morgan fingerprint density at radius 3 is 2.87 bits per heavy atom. The minimum atomic E-state index is -0.433. The average Bonchev–Trinajstić information content (AvgIpc) is 3.02. The average molecular weight is 349 g/mol. The standard InChI is InChI=1S/C16H15NO4S2/c18-10-5-11-22-15(19)14-8-4-9-17(14)23-16(20)21-12-13-6-2-1-3-7-13/h1-3,6-7,10,14H,4,8-9,12H2/t14-/m0/s1. The zero-order valence-corrected chi connectivity index (χ0v) is 13.9. The predicted molar refractivity (Wildman–Crippen MR) is 90.4 cm³/mol. The molecular weight excluding hydrogens is 334 g/mol. The number of thioether (sulfide) groups is 1. The van der Waals surface area contributed by atoms with E-state index in [4.69, 9.17) is 4.74 Å². The largest absolute Gasteiger partial charge is 0.452 e. The van der Waals surface area contributed by atoms with Crippen LogP contribution in [0.1, 0.15) is 18.4 Å². The summed E-state index contributed by atoms with van der Waals surface area (Å²) in [5.74, 6) is 2.19. The van der Waals surface area contributed by atoms with Crippen molar-refractivity contribution < 1.29 is 19.1 Å². The van der Waals surface area contributed by atoms with Gasteiger partial charge in [0.15, 0.2) is 6.29 Å². The lowest BCUT2D eigenvalue weighted by atomic mass is 10.2. The highest BCUT2D eigenvalue weighted by Gasteiger charge is 2.33. The Labute approximate surface area is 143 Å². The maximum atomic E-state index is 12.0. The zero-order valence-electron chi connectivity index (χ0n) is 12.3. The molecule has 0 aliphatic carbocycles. The van der Waals surface area contributed by atoms with Gasteiger partial charge in [0.1, 0.15) is 6.61 Å². The Balaban J connectivity index is 1.82. The minimum absolute atomic E-state index is 0.153. The number of hydrogen-bond acceptors (Lipinski definition) is 7. The molecule has 1 atom stereocenters. The maximum Gasteiger partial charge on any atom is 0.383 e. The van der Waals surface area contributed by atoms with E-state index in [9.17, 15) is 14.4 Å². The zero-order chi connectivity index (χ0) is 16.5. The van der Waals surface area contributed by atoms with Crippen LogP contribution in [-0.2, 0) is 20.9 Å². The molecule has 0 unspecified atom stereocenters. The van der Waals surface area contributed by atoms with Crippen molar-refractivity contribution in [3.05, 3.63) is 35.9 Å². The highest BCUT2D eigenvalue weighted by atomic mass is 32.2. The Morgan fingerprint density at radius 2 is 2.13 bits per heavy atom. The lowest BCUT2D eigenvalue weighted by molar-refractivity contribution is -0.113. The van der Waals surface area contributed by atoms with Crippen LogP contribution in [0.2, 0.25) is 0 Å². The third kappa shape index (κ3) is 5.75. The maximum absolute atomic E-state index is 12.0. The summed E-state index contributed by atoms with van der Waals surface area (Å²) in [5.41, 5.74) is 0.912. The molecule has 1 heterocycles. The van der Waals surface area contributed by atoms with E-state index in [1.165, 1.54) is 0 Å². The van der Waals surface area contributed by atoms with Crippen LogP contribution in [0.15, 0.2) is 30.3 Å². The van der Waals surface area contributed by atoms with Crippen molar-refractivity contribution in [3.8, 4) is 11.2 Å². The Kier molecular flexibility index (Phi) is 7.20. The van der Waals surface area contributed by atoms with Gasteiger partial charge in [-0.2, -0.15) is 0 Å². The molecule has 0 N–H and O–H groups in total. The van der Waals surface area contributed by atoms with Crippen LogP contribution in [0.4, 0.5) is 4.79 Å². The van der Waals surface area contributed by atoms with Crippen molar-refractivity contribution in [2.45, 2.75) is 25.5 Å². The fraction of sp³-hybridized carbons (Fsp3) is 0.312. The molecular formula is C16H15NO4S2. The number of carbonyl (C=O) groups is 3. The molecule has 23 heavy (non-hydrogen) atoms. The van der Waals surface area contributed by atoms with Gasteiger partial charge in [0, 0.05) is 30.3 Å². The molecule has 1 aliphatic rings. The monoisotopic (exact) mass is 349 g/mol.